The molecule has 0 aromatic carbocycles. The Hall–Kier alpha value is -2.56. The fraction of sp³-hybridized carbons (Fsp3) is 0.571. The number of rotatable bonds is 6. The lowest BCUT2D eigenvalue weighted by molar-refractivity contribution is -0.149. The van der Waals surface area contributed by atoms with Crippen molar-refractivity contribution in [3.05, 3.63) is 0 Å². The fourth-order valence-corrected chi connectivity index (χ4v) is 1.64. The highest BCUT2D eigenvalue weighted by Crippen LogP contribution is 2.11. The van der Waals surface area contributed by atoms with Gasteiger partial charge in [-0.05, 0) is 6.92 Å². The molecule has 8 heteroatoms. The summed E-state index contributed by atoms with van der Waals surface area (Å²) in [5.74, 6) is 2.44. The zero-order chi connectivity index (χ0) is 17.3. The molecule has 0 radical (unpaired) electrons. The van der Waals surface area contributed by atoms with E-state index >= 15 is 0 Å². The van der Waals surface area contributed by atoms with Crippen LogP contribution in [0.2, 0.25) is 0 Å². The summed E-state index contributed by atoms with van der Waals surface area (Å²) in [5.41, 5.74) is -1.32. The molecule has 0 aromatic heterocycles. The largest absolute Gasteiger partial charge is 0.480 e. The molecule has 2 amide bonds. The van der Waals surface area contributed by atoms with Crippen LogP contribution in [0.1, 0.15) is 33.6 Å². The summed E-state index contributed by atoms with van der Waals surface area (Å²) in [4.78, 5) is 44.6. The molecular weight excluding hydrogens is 292 g/mol. The van der Waals surface area contributed by atoms with E-state index in [1.54, 1.807) is 0 Å². The number of carbonyl (C=O) groups excluding carboxylic acids is 3. The summed E-state index contributed by atoms with van der Waals surface area (Å²) < 4.78 is 4.61. The minimum absolute atomic E-state index is 0.0499. The lowest BCUT2D eigenvalue weighted by Crippen LogP contribution is -2.51. The second kappa shape index (κ2) is 8.67. The number of amides is 2. The van der Waals surface area contributed by atoms with E-state index in [2.05, 4.69) is 27.2 Å². The zero-order valence-electron chi connectivity index (χ0n) is 13.0. The molecule has 2 unspecified atom stereocenters. The van der Waals surface area contributed by atoms with Gasteiger partial charge < -0.3 is 20.5 Å². The average Bonchev–Trinajstić information content (AvgIpc) is 2.39. The van der Waals surface area contributed by atoms with Gasteiger partial charge in [-0.3, -0.25) is 9.59 Å². The molecule has 0 bridgehead atoms. The fourth-order valence-electron chi connectivity index (χ4n) is 1.64. The van der Waals surface area contributed by atoms with Gasteiger partial charge >= 0.3 is 11.9 Å². The Labute approximate surface area is 128 Å². The van der Waals surface area contributed by atoms with Crippen molar-refractivity contribution in [3.63, 3.8) is 0 Å². The normalized spacial score (nSPS) is 13.6. The minimum Gasteiger partial charge on any atom is -0.480 e. The minimum atomic E-state index is -1.32. The van der Waals surface area contributed by atoms with E-state index in [4.69, 9.17) is 5.11 Å². The summed E-state index contributed by atoms with van der Waals surface area (Å²) in [5, 5.41) is 13.6. The van der Waals surface area contributed by atoms with Gasteiger partial charge in [0.1, 0.15) is 11.6 Å². The van der Waals surface area contributed by atoms with Gasteiger partial charge in [0.05, 0.1) is 7.11 Å². The molecule has 3 N–H and O–H groups in total. The number of nitrogens with one attached hydrogen (secondary N) is 2. The zero-order valence-corrected chi connectivity index (χ0v) is 13.0. The SMILES string of the molecule is COC(=O)C(C)(CC#CCC(NC(C)=O)C(=O)O)NC(C)=O. The van der Waals surface area contributed by atoms with Crippen LogP contribution in [0.15, 0.2) is 0 Å². The lowest BCUT2D eigenvalue weighted by Gasteiger charge is -2.25. The van der Waals surface area contributed by atoms with E-state index in [0.29, 0.717) is 0 Å². The van der Waals surface area contributed by atoms with Crippen molar-refractivity contribution in [2.24, 2.45) is 0 Å². The van der Waals surface area contributed by atoms with Crippen molar-refractivity contribution < 1.29 is 29.0 Å². The van der Waals surface area contributed by atoms with Crippen molar-refractivity contribution in [1.82, 2.24) is 10.6 Å². The Morgan fingerprint density at radius 3 is 2.18 bits per heavy atom. The first-order chi connectivity index (χ1) is 10.1. The summed E-state index contributed by atoms with van der Waals surface area (Å²) >= 11 is 0. The topological polar surface area (TPSA) is 122 Å². The lowest BCUT2D eigenvalue weighted by atomic mass is 9.98. The van der Waals surface area contributed by atoms with E-state index in [9.17, 15) is 19.2 Å². The van der Waals surface area contributed by atoms with Crippen LogP contribution in [0.4, 0.5) is 0 Å². The number of carboxylic acid groups (broad SMARTS) is 1. The Balaban J connectivity index is 4.86. The third kappa shape index (κ3) is 6.74. The quantitative estimate of drug-likeness (QED) is 0.446. The predicted octanol–water partition coefficient (Wildman–Crippen LogP) is -0.573. The molecule has 0 saturated carbocycles. The van der Waals surface area contributed by atoms with Crippen LogP contribution in [-0.4, -0.2) is 47.6 Å². The Bertz CT molecular complexity index is 519. The summed E-state index contributed by atoms with van der Waals surface area (Å²) in [6.45, 7) is 3.91. The van der Waals surface area contributed by atoms with Crippen LogP contribution >= 0.6 is 0 Å². The van der Waals surface area contributed by atoms with E-state index in [1.165, 1.54) is 27.9 Å². The van der Waals surface area contributed by atoms with Crippen molar-refractivity contribution in [3.8, 4) is 11.8 Å². The van der Waals surface area contributed by atoms with Crippen LogP contribution in [0.3, 0.4) is 0 Å². The van der Waals surface area contributed by atoms with E-state index in [1.807, 2.05) is 0 Å². The number of hydrogen-bond acceptors (Lipinski definition) is 5. The Kier molecular flexibility index (Phi) is 7.66. The molecule has 0 spiro atoms. The van der Waals surface area contributed by atoms with Crippen molar-refractivity contribution in [2.45, 2.75) is 45.2 Å². The number of carbonyl (C=O) groups is 4. The maximum Gasteiger partial charge on any atom is 0.332 e. The van der Waals surface area contributed by atoms with Gasteiger partial charge in [-0.15, -0.1) is 11.8 Å². The van der Waals surface area contributed by atoms with Crippen LogP contribution < -0.4 is 10.6 Å². The van der Waals surface area contributed by atoms with E-state index < -0.39 is 35.3 Å². The number of hydrogen-bond donors (Lipinski definition) is 3. The standard InChI is InChI=1S/C14H20N2O6/c1-9(17)15-11(12(19)20)7-5-6-8-14(3,13(21)22-4)16-10(2)18/h11H,7-8H2,1-4H3,(H,15,17)(H,16,18)(H,19,20). The maximum atomic E-state index is 11.7. The number of aliphatic carboxylic acids is 1. The smallest absolute Gasteiger partial charge is 0.332 e. The second-order valence-electron chi connectivity index (χ2n) is 4.83. The van der Waals surface area contributed by atoms with Crippen molar-refractivity contribution >= 4 is 23.8 Å². The molecular formula is C14H20N2O6. The number of carboxylic acids is 1. The molecule has 0 aliphatic heterocycles. The Morgan fingerprint density at radius 2 is 1.77 bits per heavy atom. The molecule has 22 heavy (non-hydrogen) atoms. The van der Waals surface area contributed by atoms with Crippen molar-refractivity contribution in [2.75, 3.05) is 7.11 Å². The van der Waals surface area contributed by atoms with Crippen LogP contribution in [-0.2, 0) is 23.9 Å². The Morgan fingerprint density at radius 1 is 1.18 bits per heavy atom. The van der Waals surface area contributed by atoms with E-state index in [-0.39, 0.29) is 12.8 Å². The number of methoxy groups -OCH3 is 1. The third-order valence-electron chi connectivity index (χ3n) is 2.64. The maximum absolute atomic E-state index is 11.7. The molecule has 0 aliphatic rings. The molecule has 0 aliphatic carbocycles. The van der Waals surface area contributed by atoms with Crippen LogP contribution in [0, 0.1) is 11.8 Å². The number of ether oxygens (including phenoxy) is 1. The van der Waals surface area contributed by atoms with Gasteiger partial charge in [0.15, 0.2) is 0 Å². The second-order valence-corrected chi connectivity index (χ2v) is 4.83. The first kappa shape index (κ1) is 19.4. The van der Waals surface area contributed by atoms with Gasteiger partial charge in [0, 0.05) is 26.7 Å². The molecule has 122 valence electrons. The van der Waals surface area contributed by atoms with Gasteiger partial charge in [0.2, 0.25) is 11.8 Å². The van der Waals surface area contributed by atoms with Crippen LogP contribution in [0.5, 0.6) is 0 Å². The third-order valence-corrected chi connectivity index (χ3v) is 2.64. The first-order valence-corrected chi connectivity index (χ1v) is 6.45. The van der Waals surface area contributed by atoms with Gasteiger partial charge in [-0.2, -0.15) is 0 Å². The summed E-state index contributed by atoms with van der Waals surface area (Å²) in [6, 6.07) is -1.13. The molecule has 0 rings (SSSR count). The predicted molar refractivity (Wildman–Crippen MR) is 76.5 cm³/mol. The van der Waals surface area contributed by atoms with Gasteiger partial charge in [0.25, 0.3) is 0 Å². The summed E-state index contributed by atoms with van der Waals surface area (Å²) in [7, 11) is 1.19. The highest BCUT2D eigenvalue weighted by Gasteiger charge is 2.34. The highest BCUT2D eigenvalue weighted by atomic mass is 16.5. The highest BCUT2D eigenvalue weighted by molar-refractivity contribution is 5.87. The first-order valence-electron chi connectivity index (χ1n) is 6.45. The van der Waals surface area contributed by atoms with E-state index in [0.717, 1.165) is 0 Å². The molecule has 0 aromatic rings. The average molecular weight is 312 g/mol. The van der Waals surface area contributed by atoms with Crippen molar-refractivity contribution in [1.29, 1.82) is 0 Å². The number of esters is 1. The van der Waals surface area contributed by atoms with Gasteiger partial charge in [-0.1, -0.05) is 0 Å². The monoisotopic (exact) mass is 312 g/mol. The van der Waals surface area contributed by atoms with Gasteiger partial charge in [-0.25, -0.2) is 9.59 Å². The van der Waals surface area contributed by atoms with Crippen LogP contribution in [0.25, 0.3) is 0 Å². The molecule has 0 saturated heterocycles. The molecule has 0 heterocycles. The summed E-state index contributed by atoms with van der Waals surface area (Å²) in [6.07, 6.45) is -0.169. The molecule has 8 nitrogen and oxygen atoms in total. The molecule has 0 fully saturated rings. The molecule has 2 atom stereocenters.